The van der Waals surface area contributed by atoms with Gasteiger partial charge >= 0.3 is 6.36 Å². The molecule has 0 bridgehead atoms. The van der Waals surface area contributed by atoms with Crippen molar-refractivity contribution in [2.75, 3.05) is 23.3 Å². The fourth-order valence-corrected chi connectivity index (χ4v) is 2.69. The number of alkyl halides is 3. The second-order valence-electron chi connectivity index (χ2n) is 5.32. The molecule has 2 aromatic carbocycles. The number of rotatable bonds is 4. The van der Waals surface area contributed by atoms with Gasteiger partial charge in [-0.15, -0.1) is 13.2 Å². The van der Waals surface area contributed by atoms with Crippen molar-refractivity contribution in [2.45, 2.75) is 12.8 Å². The SMILES string of the molecule is O=C(CNc1ccccc1OC(F)(F)F)N1CCc2ccccc21. The quantitative estimate of drug-likeness (QED) is 0.928. The van der Waals surface area contributed by atoms with Gasteiger partial charge in [-0.1, -0.05) is 30.3 Å². The predicted octanol–water partition coefficient (Wildman–Crippen LogP) is 3.59. The van der Waals surface area contributed by atoms with Crippen molar-refractivity contribution in [3.05, 3.63) is 54.1 Å². The monoisotopic (exact) mass is 336 g/mol. The third-order valence-corrected chi connectivity index (χ3v) is 3.73. The average Bonchev–Trinajstić information content (AvgIpc) is 2.96. The smallest absolute Gasteiger partial charge is 0.404 e. The lowest BCUT2D eigenvalue weighted by atomic mass is 10.2. The van der Waals surface area contributed by atoms with E-state index in [1.807, 2.05) is 24.3 Å². The molecule has 1 aliphatic rings. The Bertz CT molecular complexity index is 747. The first-order valence-corrected chi connectivity index (χ1v) is 7.41. The Morgan fingerprint density at radius 2 is 1.83 bits per heavy atom. The lowest BCUT2D eigenvalue weighted by Crippen LogP contribution is -2.34. The molecule has 0 spiro atoms. The maximum Gasteiger partial charge on any atom is 0.573 e. The van der Waals surface area contributed by atoms with Gasteiger partial charge < -0.3 is 15.0 Å². The summed E-state index contributed by atoms with van der Waals surface area (Å²) in [6.45, 7) is 0.452. The van der Waals surface area contributed by atoms with Gasteiger partial charge in [-0.3, -0.25) is 4.79 Å². The number of amides is 1. The standard InChI is InChI=1S/C17H15F3N2O2/c18-17(19,20)24-15-8-4-2-6-13(15)21-11-16(23)22-10-9-12-5-1-3-7-14(12)22/h1-8,21H,9-11H2. The summed E-state index contributed by atoms with van der Waals surface area (Å²) in [7, 11) is 0. The molecule has 3 rings (SSSR count). The van der Waals surface area contributed by atoms with Crippen molar-refractivity contribution in [1.82, 2.24) is 0 Å². The molecule has 0 fully saturated rings. The Morgan fingerprint density at radius 3 is 2.62 bits per heavy atom. The third kappa shape index (κ3) is 3.61. The number of benzene rings is 2. The van der Waals surface area contributed by atoms with Crippen LogP contribution in [-0.4, -0.2) is 25.4 Å². The van der Waals surface area contributed by atoms with E-state index in [0.717, 1.165) is 17.7 Å². The Balaban J connectivity index is 1.68. The number of anilines is 2. The minimum absolute atomic E-state index is 0.118. The van der Waals surface area contributed by atoms with Crippen LogP contribution in [0.2, 0.25) is 0 Å². The van der Waals surface area contributed by atoms with Gasteiger partial charge in [0.05, 0.1) is 12.2 Å². The van der Waals surface area contributed by atoms with E-state index >= 15 is 0 Å². The Kier molecular flexibility index (Phi) is 4.33. The van der Waals surface area contributed by atoms with Crippen LogP contribution in [0.4, 0.5) is 24.5 Å². The normalized spacial score (nSPS) is 13.5. The average molecular weight is 336 g/mol. The summed E-state index contributed by atoms with van der Waals surface area (Å²) in [6.07, 6.45) is -4.01. The van der Waals surface area contributed by atoms with Crippen molar-refractivity contribution in [1.29, 1.82) is 0 Å². The summed E-state index contributed by atoms with van der Waals surface area (Å²) < 4.78 is 41.2. The summed E-state index contributed by atoms with van der Waals surface area (Å²) in [5.41, 5.74) is 2.06. The second-order valence-corrected chi connectivity index (χ2v) is 5.32. The fourth-order valence-electron chi connectivity index (χ4n) is 2.69. The Hall–Kier alpha value is -2.70. The molecule has 1 aliphatic heterocycles. The highest BCUT2D eigenvalue weighted by molar-refractivity contribution is 5.98. The zero-order valence-corrected chi connectivity index (χ0v) is 12.6. The van der Waals surface area contributed by atoms with Gasteiger partial charge in [0.15, 0.2) is 5.75 Å². The van der Waals surface area contributed by atoms with Crippen LogP contribution in [0.1, 0.15) is 5.56 Å². The number of halogens is 3. The lowest BCUT2D eigenvalue weighted by molar-refractivity contribution is -0.274. The summed E-state index contributed by atoms with van der Waals surface area (Å²) >= 11 is 0. The van der Waals surface area contributed by atoms with E-state index in [4.69, 9.17) is 0 Å². The van der Waals surface area contributed by atoms with Crippen LogP contribution in [0.3, 0.4) is 0 Å². The zero-order valence-electron chi connectivity index (χ0n) is 12.6. The van der Waals surface area contributed by atoms with Crippen LogP contribution in [0, 0.1) is 0 Å². The first-order valence-electron chi connectivity index (χ1n) is 7.41. The van der Waals surface area contributed by atoms with Crippen molar-refractivity contribution in [3.63, 3.8) is 0 Å². The molecule has 0 saturated heterocycles. The van der Waals surface area contributed by atoms with Crippen molar-refractivity contribution >= 4 is 17.3 Å². The van der Waals surface area contributed by atoms with Crippen molar-refractivity contribution < 1.29 is 22.7 Å². The van der Waals surface area contributed by atoms with Crippen LogP contribution in [0.5, 0.6) is 5.75 Å². The summed E-state index contributed by atoms with van der Waals surface area (Å²) in [4.78, 5) is 14.0. The molecular weight excluding hydrogens is 321 g/mol. The van der Waals surface area contributed by atoms with Gasteiger partial charge in [0.2, 0.25) is 5.91 Å². The molecule has 4 nitrogen and oxygen atoms in total. The summed E-state index contributed by atoms with van der Waals surface area (Å²) in [6, 6.07) is 13.2. The fraction of sp³-hybridized carbons (Fsp3) is 0.235. The van der Waals surface area contributed by atoms with E-state index < -0.39 is 6.36 Å². The second kappa shape index (κ2) is 6.43. The van der Waals surface area contributed by atoms with Crippen LogP contribution >= 0.6 is 0 Å². The lowest BCUT2D eigenvalue weighted by Gasteiger charge is -2.19. The maximum absolute atomic E-state index is 12.4. The first kappa shape index (κ1) is 16.2. The Morgan fingerprint density at radius 1 is 1.12 bits per heavy atom. The molecule has 0 aromatic heterocycles. The van der Waals surface area contributed by atoms with Gasteiger partial charge in [-0.2, -0.15) is 0 Å². The number of para-hydroxylation sites is 3. The van der Waals surface area contributed by atoms with Gasteiger partial charge in [-0.25, -0.2) is 0 Å². The molecule has 126 valence electrons. The number of nitrogens with one attached hydrogen (secondary N) is 1. The molecule has 0 unspecified atom stereocenters. The van der Waals surface area contributed by atoms with Gasteiger partial charge in [0.25, 0.3) is 0 Å². The van der Waals surface area contributed by atoms with E-state index in [2.05, 4.69) is 10.1 Å². The van der Waals surface area contributed by atoms with Crippen LogP contribution in [0.15, 0.2) is 48.5 Å². The number of fused-ring (bicyclic) bond motifs is 1. The molecule has 0 radical (unpaired) electrons. The number of nitrogens with zero attached hydrogens (tertiary/aromatic N) is 1. The van der Waals surface area contributed by atoms with E-state index in [0.29, 0.717) is 6.54 Å². The van der Waals surface area contributed by atoms with Crippen LogP contribution < -0.4 is 15.0 Å². The van der Waals surface area contributed by atoms with E-state index in [1.165, 1.54) is 18.2 Å². The molecule has 1 heterocycles. The van der Waals surface area contributed by atoms with Gasteiger partial charge in [-0.05, 0) is 30.2 Å². The maximum atomic E-state index is 12.4. The Labute approximate surface area is 136 Å². The predicted molar refractivity (Wildman–Crippen MR) is 84.1 cm³/mol. The van der Waals surface area contributed by atoms with E-state index in [9.17, 15) is 18.0 Å². The molecule has 0 atom stereocenters. The highest BCUT2D eigenvalue weighted by Gasteiger charge is 2.32. The molecule has 7 heteroatoms. The number of ether oxygens (including phenoxy) is 1. The highest BCUT2D eigenvalue weighted by Crippen LogP contribution is 2.30. The molecule has 24 heavy (non-hydrogen) atoms. The van der Waals surface area contributed by atoms with Crippen molar-refractivity contribution in [2.24, 2.45) is 0 Å². The summed E-state index contributed by atoms with van der Waals surface area (Å²) in [5, 5.41) is 2.73. The molecule has 0 aliphatic carbocycles. The number of hydrogen-bond donors (Lipinski definition) is 1. The van der Waals surface area contributed by atoms with E-state index in [-0.39, 0.29) is 23.9 Å². The van der Waals surface area contributed by atoms with Crippen molar-refractivity contribution in [3.8, 4) is 5.75 Å². The molecular formula is C17H15F3N2O2. The minimum Gasteiger partial charge on any atom is -0.404 e. The van der Waals surface area contributed by atoms with Crippen LogP contribution in [0.25, 0.3) is 0 Å². The highest BCUT2D eigenvalue weighted by atomic mass is 19.4. The molecule has 1 N–H and O–H groups in total. The molecule has 2 aromatic rings. The van der Waals surface area contributed by atoms with E-state index in [1.54, 1.807) is 11.0 Å². The number of hydrogen-bond acceptors (Lipinski definition) is 3. The molecule has 1 amide bonds. The minimum atomic E-state index is -4.78. The molecule has 0 saturated carbocycles. The first-order chi connectivity index (χ1) is 11.4. The number of carbonyl (C=O) groups is 1. The zero-order chi connectivity index (χ0) is 17.2. The van der Waals surface area contributed by atoms with Gasteiger partial charge in [0.1, 0.15) is 0 Å². The summed E-state index contributed by atoms with van der Waals surface area (Å²) in [5.74, 6) is -0.568. The van der Waals surface area contributed by atoms with Gasteiger partial charge in [0, 0.05) is 12.2 Å². The largest absolute Gasteiger partial charge is 0.573 e. The topological polar surface area (TPSA) is 41.6 Å². The van der Waals surface area contributed by atoms with Crippen LogP contribution in [-0.2, 0) is 11.2 Å². The number of carbonyl (C=O) groups excluding carboxylic acids is 1. The third-order valence-electron chi connectivity index (χ3n) is 3.73.